The largest absolute Gasteiger partial charge is 0.493 e. The molecule has 6 heteroatoms. The number of nitrogens with zero attached hydrogens (tertiary/aromatic N) is 2. The summed E-state index contributed by atoms with van der Waals surface area (Å²) in [6.07, 6.45) is 0. The van der Waals surface area contributed by atoms with Crippen LogP contribution in [0, 0.1) is 0 Å². The molecule has 30 heavy (non-hydrogen) atoms. The van der Waals surface area contributed by atoms with Gasteiger partial charge in [-0.2, -0.15) is 0 Å². The Bertz CT molecular complexity index is 1240. The van der Waals surface area contributed by atoms with Gasteiger partial charge in [-0.05, 0) is 36.8 Å². The van der Waals surface area contributed by atoms with E-state index >= 15 is 0 Å². The second-order valence-electron chi connectivity index (χ2n) is 6.76. The van der Waals surface area contributed by atoms with Crippen molar-refractivity contribution in [1.29, 1.82) is 0 Å². The molecule has 4 rings (SSSR count). The van der Waals surface area contributed by atoms with Gasteiger partial charge in [-0.25, -0.2) is 4.98 Å². The molecule has 1 aromatic heterocycles. The molecule has 0 saturated heterocycles. The van der Waals surface area contributed by atoms with Crippen molar-refractivity contribution in [2.75, 3.05) is 14.2 Å². The Morgan fingerprint density at radius 3 is 2.33 bits per heavy atom. The molecule has 5 nitrogen and oxygen atoms in total. The number of para-hydroxylation sites is 1. The first-order valence-corrected chi connectivity index (χ1v) is 10.5. The standard InChI is InChI=1S/C24H22N2O3S/c1-16(17-9-5-4-6-10-17)30-24-25-20-12-8-7-11-19(20)23(27)26(24)18-13-14-21(28-2)22(15-18)29-3/h4-16H,1-3H3. The Hall–Kier alpha value is -3.25. The summed E-state index contributed by atoms with van der Waals surface area (Å²) in [5, 5.41) is 1.32. The average Bonchev–Trinajstić information content (AvgIpc) is 2.79. The summed E-state index contributed by atoms with van der Waals surface area (Å²) in [5.74, 6) is 1.16. The fraction of sp³-hybridized carbons (Fsp3) is 0.167. The molecule has 0 aliphatic carbocycles. The van der Waals surface area contributed by atoms with Gasteiger partial charge < -0.3 is 9.47 Å². The molecule has 4 aromatic rings. The molecule has 1 heterocycles. The van der Waals surface area contributed by atoms with Gasteiger partial charge in [0.05, 0.1) is 30.8 Å². The maximum absolute atomic E-state index is 13.5. The zero-order valence-corrected chi connectivity index (χ0v) is 17.8. The monoisotopic (exact) mass is 418 g/mol. The molecule has 0 fully saturated rings. The second-order valence-corrected chi connectivity index (χ2v) is 8.07. The number of rotatable bonds is 6. The first kappa shape index (κ1) is 20.0. The van der Waals surface area contributed by atoms with E-state index in [2.05, 4.69) is 19.1 Å². The van der Waals surface area contributed by atoms with Gasteiger partial charge in [0, 0.05) is 11.3 Å². The number of thioether (sulfide) groups is 1. The van der Waals surface area contributed by atoms with Crippen molar-refractivity contribution in [3.8, 4) is 17.2 Å². The minimum atomic E-state index is -0.115. The van der Waals surface area contributed by atoms with Crippen LogP contribution in [-0.4, -0.2) is 23.8 Å². The van der Waals surface area contributed by atoms with Gasteiger partial charge in [0.2, 0.25) is 0 Å². The van der Waals surface area contributed by atoms with Crippen LogP contribution < -0.4 is 15.0 Å². The second kappa shape index (κ2) is 8.63. The Kier molecular flexibility index (Phi) is 5.77. The topological polar surface area (TPSA) is 53.4 Å². The zero-order chi connectivity index (χ0) is 21.1. The number of aromatic nitrogens is 2. The van der Waals surface area contributed by atoms with Crippen LogP contribution in [0.15, 0.2) is 82.7 Å². The number of hydrogen-bond acceptors (Lipinski definition) is 5. The van der Waals surface area contributed by atoms with E-state index in [0.29, 0.717) is 33.2 Å². The molecular weight excluding hydrogens is 396 g/mol. The van der Waals surface area contributed by atoms with Crippen molar-refractivity contribution in [2.45, 2.75) is 17.3 Å². The Balaban J connectivity index is 1.90. The van der Waals surface area contributed by atoms with Gasteiger partial charge in [0.15, 0.2) is 16.7 Å². The van der Waals surface area contributed by atoms with Crippen molar-refractivity contribution >= 4 is 22.7 Å². The summed E-state index contributed by atoms with van der Waals surface area (Å²) in [4.78, 5) is 18.3. The molecule has 0 aliphatic heterocycles. The van der Waals surface area contributed by atoms with Crippen LogP contribution in [0.2, 0.25) is 0 Å². The van der Waals surface area contributed by atoms with Gasteiger partial charge in [0.25, 0.3) is 5.56 Å². The van der Waals surface area contributed by atoms with E-state index in [4.69, 9.17) is 14.5 Å². The fourth-order valence-electron chi connectivity index (χ4n) is 3.33. The highest BCUT2D eigenvalue weighted by Gasteiger charge is 2.18. The minimum Gasteiger partial charge on any atom is -0.493 e. The predicted molar refractivity (Wildman–Crippen MR) is 121 cm³/mol. The third-order valence-electron chi connectivity index (χ3n) is 4.92. The molecule has 0 bridgehead atoms. The minimum absolute atomic E-state index is 0.115. The van der Waals surface area contributed by atoms with E-state index in [0.717, 1.165) is 0 Å². The molecule has 3 aromatic carbocycles. The summed E-state index contributed by atoms with van der Waals surface area (Å²) >= 11 is 1.55. The molecular formula is C24H22N2O3S. The van der Waals surface area contributed by atoms with Crippen LogP contribution in [0.5, 0.6) is 11.5 Å². The van der Waals surface area contributed by atoms with E-state index in [1.54, 1.807) is 48.7 Å². The highest BCUT2D eigenvalue weighted by atomic mass is 32.2. The molecule has 152 valence electrons. The highest BCUT2D eigenvalue weighted by Crippen LogP contribution is 2.36. The van der Waals surface area contributed by atoms with Crippen molar-refractivity contribution in [1.82, 2.24) is 9.55 Å². The zero-order valence-electron chi connectivity index (χ0n) is 17.0. The maximum Gasteiger partial charge on any atom is 0.266 e. The van der Waals surface area contributed by atoms with Gasteiger partial charge in [-0.3, -0.25) is 9.36 Å². The lowest BCUT2D eigenvalue weighted by Gasteiger charge is -2.18. The third kappa shape index (κ3) is 3.78. The Morgan fingerprint density at radius 2 is 1.60 bits per heavy atom. The Labute approximate surface area is 179 Å². The van der Waals surface area contributed by atoms with Crippen LogP contribution in [0.3, 0.4) is 0 Å². The van der Waals surface area contributed by atoms with Gasteiger partial charge in [0.1, 0.15) is 0 Å². The van der Waals surface area contributed by atoms with Crippen molar-refractivity contribution in [3.63, 3.8) is 0 Å². The molecule has 0 amide bonds. The maximum atomic E-state index is 13.5. The van der Waals surface area contributed by atoms with E-state index in [1.807, 2.05) is 42.5 Å². The fourth-order valence-corrected chi connectivity index (χ4v) is 4.39. The molecule has 0 N–H and O–H groups in total. The molecule has 0 saturated carbocycles. The quantitative estimate of drug-likeness (QED) is 0.316. The lowest BCUT2D eigenvalue weighted by Crippen LogP contribution is -2.22. The smallest absolute Gasteiger partial charge is 0.266 e. The number of methoxy groups -OCH3 is 2. The molecule has 0 aliphatic rings. The van der Waals surface area contributed by atoms with Gasteiger partial charge in [-0.1, -0.05) is 54.2 Å². The molecule has 0 radical (unpaired) electrons. The first-order chi connectivity index (χ1) is 14.6. The predicted octanol–water partition coefficient (Wildman–Crippen LogP) is 5.26. The Morgan fingerprint density at radius 1 is 0.900 bits per heavy atom. The van der Waals surface area contributed by atoms with Crippen LogP contribution in [0.25, 0.3) is 16.6 Å². The number of fused-ring (bicyclic) bond motifs is 1. The van der Waals surface area contributed by atoms with E-state index in [9.17, 15) is 4.79 Å². The van der Waals surface area contributed by atoms with E-state index < -0.39 is 0 Å². The summed E-state index contributed by atoms with van der Waals surface area (Å²) in [6, 6.07) is 23.0. The lowest BCUT2D eigenvalue weighted by atomic mass is 10.2. The normalized spacial score (nSPS) is 12.0. The van der Waals surface area contributed by atoms with Gasteiger partial charge >= 0.3 is 0 Å². The number of ether oxygens (including phenoxy) is 2. The summed E-state index contributed by atoms with van der Waals surface area (Å²) in [5.41, 5.74) is 2.42. The summed E-state index contributed by atoms with van der Waals surface area (Å²) in [6.45, 7) is 2.11. The van der Waals surface area contributed by atoms with Crippen LogP contribution >= 0.6 is 11.8 Å². The van der Waals surface area contributed by atoms with Crippen LogP contribution in [0.1, 0.15) is 17.7 Å². The SMILES string of the molecule is COc1ccc(-n2c(SC(C)c3ccccc3)nc3ccccc3c2=O)cc1OC. The van der Waals surface area contributed by atoms with Gasteiger partial charge in [-0.15, -0.1) is 0 Å². The van der Waals surface area contributed by atoms with E-state index in [-0.39, 0.29) is 10.8 Å². The van der Waals surface area contributed by atoms with E-state index in [1.165, 1.54) is 5.56 Å². The first-order valence-electron chi connectivity index (χ1n) is 9.58. The number of hydrogen-bond donors (Lipinski definition) is 0. The molecule has 1 unspecified atom stereocenters. The van der Waals surface area contributed by atoms with Crippen molar-refractivity contribution in [2.24, 2.45) is 0 Å². The number of benzene rings is 3. The molecule has 1 atom stereocenters. The average molecular weight is 419 g/mol. The van der Waals surface area contributed by atoms with Crippen LogP contribution in [0.4, 0.5) is 0 Å². The highest BCUT2D eigenvalue weighted by molar-refractivity contribution is 7.99. The third-order valence-corrected chi connectivity index (χ3v) is 6.03. The lowest BCUT2D eigenvalue weighted by molar-refractivity contribution is 0.354. The summed E-state index contributed by atoms with van der Waals surface area (Å²) in [7, 11) is 3.17. The summed E-state index contributed by atoms with van der Waals surface area (Å²) < 4.78 is 12.4. The van der Waals surface area contributed by atoms with Crippen LogP contribution in [-0.2, 0) is 0 Å². The van der Waals surface area contributed by atoms with Crippen molar-refractivity contribution < 1.29 is 9.47 Å². The van der Waals surface area contributed by atoms with Crippen molar-refractivity contribution in [3.05, 3.63) is 88.7 Å². The molecule has 0 spiro atoms.